The van der Waals surface area contributed by atoms with Crippen LogP contribution in [0.1, 0.15) is 79.1 Å². The number of fused-ring (bicyclic) bond motifs is 2. The molecule has 0 N–H and O–H groups in total. The minimum Gasteiger partial charge on any atom is -0.477 e. The van der Waals surface area contributed by atoms with Crippen LogP contribution < -0.4 is 9.47 Å². The number of ether oxygens (including phenoxy) is 2. The van der Waals surface area contributed by atoms with Crippen molar-refractivity contribution in [2.45, 2.75) is 71.4 Å². The molecule has 5 rings (SSSR count). The van der Waals surface area contributed by atoms with Gasteiger partial charge in [0.05, 0.1) is 5.56 Å². The summed E-state index contributed by atoms with van der Waals surface area (Å²) in [4.78, 5) is 15.6. The Balaban J connectivity index is 1.42. The Morgan fingerprint density at radius 3 is 2.45 bits per heavy atom. The van der Waals surface area contributed by atoms with Gasteiger partial charge in [-0.05, 0) is 48.4 Å². The standard InChI is InChI=1S/C27H31NO3/c1-17-25-19(15-28(16-30-25)21-7-5-6-8-21)14-22-24(29)23(31-26(17)22)13-18-9-11-20(12-10-18)27(2,3)4/h9-14,21H,5-8,15-16H2,1-4H3/b23-13-. The molecule has 0 unspecified atom stereocenters. The Morgan fingerprint density at radius 1 is 1.06 bits per heavy atom. The van der Waals surface area contributed by atoms with Gasteiger partial charge in [-0.1, -0.05) is 57.9 Å². The molecular formula is C27H31NO3. The van der Waals surface area contributed by atoms with Crippen LogP contribution in [0, 0.1) is 6.92 Å². The highest BCUT2D eigenvalue weighted by Crippen LogP contribution is 2.44. The van der Waals surface area contributed by atoms with E-state index in [1.54, 1.807) is 0 Å². The fraction of sp³-hybridized carbons (Fsp3) is 0.444. The van der Waals surface area contributed by atoms with Crippen molar-refractivity contribution in [3.05, 3.63) is 63.9 Å². The largest absolute Gasteiger partial charge is 0.477 e. The Kier molecular flexibility index (Phi) is 4.93. The second kappa shape index (κ2) is 7.52. The first kappa shape index (κ1) is 20.3. The fourth-order valence-electron chi connectivity index (χ4n) is 5.00. The van der Waals surface area contributed by atoms with Crippen LogP contribution in [-0.4, -0.2) is 23.5 Å². The molecule has 0 amide bonds. The second-order valence-electron chi connectivity index (χ2n) is 10.1. The van der Waals surface area contributed by atoms with Crippen molar-refractivity contribution in [1.82, 2.24) is 4.90 Å². The molecule has 2 heterocycles. The Labute approximate surface area is 184 Å². The number of benzene rings is 2. The molecule has 2 aromatic rings. The highest BCUT2D eigenvalue weighted by atomic mass is 16.5. The van der Waals surface area contributed by atoms with Gasteiger partial charge in [-0.3, -0.25) is 9.69 Å². The maximum Gasteiger partial charge on any atom is 0.231 e. The van der Waals surface area contributed by atoms with E-state index in [1.807, 2.05) is 31.2 Å². The smallest absolute Gasteiger partial charge is 0.231 e. The molecule has 0 atom stereocenters. The number of carbonyl (C=O) groups excluding carboxylic acids is 1. The summed E-state index contributed by atoms with van der Waals surface area (Å²) in [6.45, 7) is 10.0. The molecule has 4 heteroatoms. The molecule has 0 saturated heterocycles. The second-order valence-corrected chi connectivity index (χ2v) is 10.1. The van der Waals surface area contributed by atoms with Crippen LogP contribution in [0.4, 0.5) is 0 Å². The maximum absolute atomic E-state index is 13.2. The normalized spacial score (nSPS) is 20.5. The van der Waals surface area contributed by atoms with Crippen LogP contribution in [-0.2, 0) is 12.0 Å². The number of hydrogen-bond donors (Lipinski definition) is 0. The molecule has 162 valence electrons. The third-order valence-electron chi connectivity index (χ3n) is 6.88. The molecule has 0 spiro atoms. The summed E-state index contributed by atoms with van der Waals surface area (Å²) in [5, 5.41) is 0. The van der Waals surface area contributed by atoms with E-state index in [0.29, 0.717) is 29.8 Å². The third-order valence-corrected chi connectivity index (χ3v) is 6.88. The van der Waals surface area contributed by atoms with Crippen molar-refractivity contribution in [1.29, 1.82) is 0 Å². The molecular weight excluding hydrogens is 386 g/mol. The van der Waals surface area contributed by atoms with Crippen LogP contribution in [0.3, 0.4) is 0 Å². The highest BCUT2D eigenvalue weighted by molar-refractivity contribution is 6.15. The molecule has 0 bridgehead atoms. The van der Waals surface area contributed by atoms with Crippen LogP contribution in [0.2, 0.25) is 0 Å². The summed E-state index contributed by atoms with van der Waals surface area (Å²) in [7, 11) is 0. The zero-order valence-corrected chi connectivity index (χ0v) is 19.0. The number of Topliss-reactive ketones (excluding diaryl/α,β-unsaturated/α-hetero) is 1. The van der Waals surface area contributed by atoms with Gasteiger partial charge >= 0.3 is 0 Å². The van der Waals surface area contributed by atoms with Gasteiger partial charge in [0.15, 0.2) is 5.76 Å². The van der Waals surface area contributed by atoms with Gasteiger partial charge in [-0.2, -0.15) is 0 Å². The van der Waals surface area contributed by atoms with E-state index in [-0.39, 0.29) is 11.2 Å². The summed E-state index contributed by atoms with van der Waals surface area (Å²) in [5.74, 6) is 1.88. The lowest BCUT2D eigenvalue weighted by Gasteiger charge is -2.34. The number of carbonyl (C=O) groups is 1. The van der Waals surface area contributed by atoms with Crippen LogP contribution in [0.25, 0.3) is 6.08 Å². The predicted molar refractivity (Wildman–Crippen MR) is 123 cm³/mol. The number of allylic oxidation sites excluding steroid dienone is 1. The van der Waals surface area contributed by atoms with Crippen LogP contribution in [0.5, 0.6) is 11.5 Å². The minimum atomic E-state index is -0.0428. The summed E-state index contributed by atoms with van der Waals surface area (Å²) in [6, 6.07) is 10.9. The average Bonchev–Trinajstić information content (AvgIpc) is 3.38. The van der Waals surface area contributed by atoms with E-state index in [2.05, 4.69) is 37.8 Å². The van der Waals surface area contributed by atoms with Gasteiger partial charge in [-0.25, -0.2) is 0 Å². The third kappa shape index (κ3) is 3.67. The quantitative estimate of drug-likeness (QED) is 0.562. The maximum atomic E-state index is 13.2. The van der Waals surface area contributed by atoms with E-state index in [1.165, 1.54) is 31.2 Å². The molecule has 0 aromatic heterocycles. The number of ketones is 1. The molecule has 2 aliphatic heterocycles. The van der Waals surface area contributed by atoms with Gasteiger partial charge in [0.25, 0.3) is 0 Å². The van der Waals surface area contributed by atoms with E-state index in [0.717, 1.165) is 29.0 Å². The molecule has 3 aliphatic rings. The topological polar surface area (TPSA) is 38.8 Å². The summed E-state index contributed by atoms with van der Waals surface area (Å²) < 4.78 is 12.2. The van der Waals surface area contributed by atoms with Gasteiger partial charge in [0.2, 0.25) is 5.78 Å². The summed E-state index contributed by atoms with van der Waals surface area (Å²) in [5.41, 5.74) is 5.02. The lowest BCUT2D eigenvalue weighted by molar-refractivity contribution is 0.0570. The highest BCUT2D eigenvalue weighted by Gasteiger charge is 2.35. The Bertz CT molecular complexity index is 1050. The van der Waals surface area contributed by atoms with E-state index >= 15 is 0 Å². The van der Waals surface area contributed by atoms with Gasteiger partial charge < -0.3 is 9.47 Å². The molecule has 2 aromatic carbocycles. The lowest BCUT2D eigenvalue weighted by atomic mass is 9.86. The first-order valence-corrected chi connectivity index (χ1v) is 11.4. The van der Waals surface area contributed by atoms with Crippen molar-refractivity contribution in [2.24, 2.45) is 0 Å². The molecule has 31 heavy (non-hydrogen) atoms. The van der Waals surface area contributed by atoms with E-state index < -0.39 is 0 Å². The first-order chi connectivity index (χ1) is 14.8. The van der Waals surface area contributed by atoms with Crippen LogP contribution >= 0.6 is 0 Å². The minimum absolute atomic E-state index is 0.0428. The number of rotatable bonds is 2. The summed E-state index contributed by atoms with van der Waals surface area (Å²) >= 11 is 0. The molecule has 1 saturated carbocycles. The number of nitrogens with zero attached hydrogens (tertiary/aromatic N) is 1. The fourth-order valence-corrected chi connectivity index (χ4v) is 5.00. The van der Waals surface area contributed by atoms with Crippen molar-refractivity contribution < 1.29 is 14.3 Å². The van der Waals surface area contributed by atoms with Crippen LogP contribution in [0.15, 0.2) is 36.1 Å². The average molecular weight is 418 g/mol. The molecule has 1 fully saturated rings. The van der Waals surface area contributed by atoms with Gasteiger partial charge in [-0.15, -0.1) is 0 Å². The lowest BCUT2D eigenvalue weighted by Crippen LogP contribution is -2.39. The van der Waals surface area contributed by atoms with Crippen molar-refractivity contribution in [3.63, 3.8) is 0 Å². The Hall–Kier alpha value is -2.59. The molecule has 4 nitrogen and oxygen atoms in total. The SMILES string of the molecule is Cc1c2c(cc3c1O/C(=C\c1ccc(C(C)(C)C)cc1)C3=O)CN(C1CCCC1)CO2. The van der Waals surface area contributed by atoms with Gasteiger partial charge in [0, 0.05) is 23.7 Å². The zero-order valence-electron chi connectivity index (χ0n) is 19.0. The molecule has 1 aliphatic carbocycles. The molecule has 0 radical (unpaired) electrons. The van der Waals surface area contributed by atoms with Crippen molar-refractivity contribution >= 4 is 11.9 Å². The van der Waals surface area contributed by atoms with Crippen molar-refractivity contribution in [3.8, 4) is 11.5 Å². The van der Waals surface area contributed by atoms with Gasteiger partial charge in [0.1, 0.15) is 18.2 Å². The first-order valence-electron chi connectivity index (χ1n) is 11.4. The van der Waals surface area contributed by atoms with E-state index in [9.17, 15) is 4.79 Å². The zero-order chi connectivity index (χ0) is 21.8. The predicted octanol–water partition coefficient (Wildman–Crippen LogP) is 6.00. The monoisotopic (exact) mass is 417 g/mol. The Morgan fingerprint density at radius 2 is 1.77 bits per heavy atom. The number of hydrogen-bond acceptors (Lipinski definition) is 4. The van der Waals surface area contributed by atoms with Crippen molar-refractivity contribution in [2.75, 3.05) is 6.73 Å². The summed E-state index contributed by atoms with van der Waals surface area (Å²) in [6.07, 6.45) is 6.93. The van der Waals surface area contributed by atoms with E-state index in [4.69, 9.17) is 9.47 Å².